The normalized spacial score (nSPS) is 22.9. The van der Waals surface area contributed by atoms with Crippen molar-refractivity contribution in [3.8, 4) is 5.19 Å². The van der Waals surface area contributed by atoms with Gasteiger partial charge in [0.25, 0.3) is 5.19 Å². The van der Waals surface area contributed by atoms with Gasteiger partial charge < -0.3 is 10.1 Å². The van der Waals surface area contributed by atoms with Crippen molar-refractivity contribution in [2.75, 3.05) is 13.7 Å². The van der Waals surface area contributed by atoms with Gasteiger partial charge in [-0.1, -0.05) is 11.3 Å². The summed E-state index contributed by atoms with van der Waals surface area (Å²) in [7, 11) is 1.66. The molecule has 1 fully saturated rings. The standard InChI is InChI=1S/C8H12N2OS/c1-11-8-10-5-7(12-8)6-3-2-4-9-6/h5-6,9H,2-4H2,1H3. The molecule has 66 valence electrons. The zero-order valence-electron chi connectivity index (χ0n) is 7.04. The Labute approximate surface area is 75.8 Å². The maximum Gasteiger partial charge on any atom is 0.273 e. The van der Waals surface area contributed by atoms with Crippen LogP contribution in [0.4, 0.5) is 0 Å². The molecule has 1 saturated heterocycles. The van der Waals surface area contributed by atoms with Crippen LogP contribution in [0, 0.1) is 0 Å². The fraction of sp³-hybridized carbons (Fsp3) is 0.625. The van der Waals surface area contributed by atoms with Crippen LogP contribution in [0.15, 0.2) is 6.20 Å². The van der Waals surface area contributed by atoms with Crippen molar-refractivity contribution in [2.24, 2.45) is 0 Å². The number of hydrogen-bond acceptors (Lipinski definition) is 4. The predicted octanol–water partition coefficient (Wildman–Crippen LogP) is 1.58. The quantitative estimate of drug-likeness (QED) is 0.757. The first-order chi connectivity index (χ1) is 5.90. The largest absolute Gasteiger partial charge is 0.473 e. The molecule has 0 bridgehead atoms. The van der Waals surface area contributed by atoms with Crippen molar-refractivity contribution in [1.82, 2.24) is 10.3 Å². The van der Waals surface area contributed by atoms with Crippen LogP contribution in [0.3, 0.4) is 0 Å². The maximum atomic E-state index is 5.03. The molecule has 1 N–H and O–H groups in total. The molecule has 1 aromatic heterocycles. The maximum absolute atomic E-state index is 5.03. The van der Waals surface area contributed by atoms with Crippen molar-refractivity contribution in [2.45, 2.75) is 18.9 Å². The molecule has 2 heterocycles. The molecule has 1 unspecified atom stereocenters. The van der Waals surface area contributed by atoms with Gasteiger partial charge in [0.05, 0.1) is 7.11 Å². The molecular weight excluding hydrogens is 172 g/mol. The number of hydrogen-bond donors (Lipinski definition) is 1. The Morgan fingerprint density at radius 1 is 1.75 bits per heavy atom. The minimum atomic E-state index is 0.520. The molecule has 1 aliphatic heterocycles. The van der Waals surface area contributed by atoms with E-state index in [-0.39, 0.29) is 0 Å². The monoisotopic (exact) mass is 184 g/mol. The lowest BCUT2D eigenvalue weighted by Gasteiger charge is -2.04. The summed E-state index contributed by atoms with van der Waals surface area (Å²) < 4.78 is 5.03. The van der Waals surface area contributed by atoms with E-state index in [0.29, 0.717) is 6.04 Å². The van der Waals surface area contributed by atoms with Gasteiger partial charge in [-0.05, 0) is 19.4 Å². The molecule has 0 aromatic carbocycles. The van der Waals surface area contributed by atoms with Crippen LogP contribution >= 0.6 is 11.3 Å². The second kappa shape index (κ2) is 3.41. The minimum absolute atomic E-state index is 0.520. The summed E-state index contributed by atoms with van der Waals surface area (Å²) >= 11 is 1.63. The van der Waals surface area contributed by atoms with Gasteiger partial charge in [-0.2, -0.15) is 0 Å². The van der Waals surface area contributed by atoms with Crippen LogP contribution < -0.4 is 10.1 Å². The first-order valence-corrected chi connectivity index (χ1v) is 4.95. The van der Waals surface area contributed by atoms with Gasteiger partial charge in [0.15, 0.2) is 0 Å². The van der Waals surface area contributed by atoms with E-state index in [2.05, 4.69) is 10.3 Å². The van der Waals surface area contributed by atoms with Gasteiger partial charge >= 0.3 is 0 Å². The molecule has 0 saturated carbocycles. The van der Waals surface area contributed by atoms with Crippen LogP contribution in [-0.4, -0.2) is 18.6 Å². The van der Waals surface area contributed by atoms with Crippen molar-refractivity contribution in [1.29, 1.82) is 0 Å². The summed E-state index contributed by atoms with van der Waals surface area (Å²) in [5, 5.41) is 4.19. The predicted molar refractivity (Wildman–Crippen MR) is 48.6 cm³/mol. The SMILES string of the molecule is COc1ncc(C2CCCN2)s1. The highest BCUT2D eigenvalue weighted by atomic mass is 32.1. The molecule has 3 nitrogen and oxygen atoms in total. The summed E-state index contributed by atoms with van der Waals surface area (Å²) in [5.41, 5.74) is 0. The van der Waals surface area contributed by atoms with Crippen LogP contribution in [0.1, 0.15) is 23.8 Å². The lowest BCUT2D eigenvalue weighted by Crippen LogP contribution is -2.11. The van der Waals surface area contributed by atoms with Crippen molar-refractivity contribution in [3.63, 3.8) is 0 Å². The zero-order chi connectivity index (χ0) is 8.39. The van der Waals surface area contributed by atoms with Gasteiger partial charge in [0.2, 0.25) is 0 Å². The molecule has 0 aliphatic carbocycles. The summed E-state index contributed by atoms with van der Waals surface area (Å²) in [6.45, 7) is 1.13. The van der Waals surface area contributed by atoms with E-state index in [4.69, 9.17) is 4.74 Å². The fourth-order valence-corrected chi connectivity index (χ4v) is 2.29. The van der Waals surface area contributed by atoms with E-state index in [9.17, 15) is 0 Å². The number of rotatable bonds is 2. The lowest BCUT2D eigenvalue weighted by atomic mass is 10.2. The Morgan fingerprint density at radius 2 is 2.67 bits per heavy atom. The number of nitrogens with one attached hydrogen (secondary N) is 1. The summed E-state index contributed by atoms with van der Waals surface area (Å²) in [6.07, 6.45) is 4.41. The van der Waals surface area contributed by atoms with Gasteiger partial charge in [0, 0.05) is 17.1 Å². The number of nitrogens with zero attached hydrogens (tertiary/aromatic N) is 1. The molecule has 1 atom stereocenters. The highest BCUT2D eigenvalue weighted by Gasteiger charge is 2.18. The average molecular weight is 184 g/mol. The van der Waals surface area contributed by atoms with E-state index in [0.717, 1.165) is 11.7 Å². The topological polar surface area (TPSA) is 34.1 Å². The second-order valence-electron chi connectivity index (χ2n) is 2.88. The average Bonchev–Trinajstić information content (AvgIpc) is 2.75. The molecule has 4 heteroatoms. The third-order valence-corrected chi connectivity index (χ3v) is 3.15. The summed E-state index contributed by atoms with van der Waals surface area (Å²) in [6, 6.07) is 0.520. The molecule has 2 rings (SSSR count). The molecule has 0 amide bonds. The van der Waals surface area contributed by atoms with Crippen molar-refractivity contribution < 1.29 is 4.74 Å². The highest BCUT2D eigenvalue weighted by molar-refractivity contribution is 7.13. The summed E-state index contributed by atoms with van der Waals surface area (Å²) in [5.74, 6) is 0. The fourth-order valence-electron chi connectivity index (χ4n) is 1.45. The van der Waals surface area contributed by atoms with Crippen molar-refractivity contribution in [3.05, 3.63) is 11.1 Å². The number of ether oxygens (including phenoxy) is 1. The third kappa shape index (κ3) is 1.44. The number of aromatic nitrogens is 1. The van der Waals surface area contributed by atoms with E-state index < -0.39 is 0 Å². The lowest BCUT2D eigenvalue weighted by molar-refractivity contribution is 0.412. The van der Waals surface area contributed by atoms with Crippen LogP contribution in [0.5, 0.6) is 5.19 Å². The van der Waals surface area contributed by atoms with E-state index in [1.54, 1.807) is 18.4 Å². The van der Waals surface area contributed by atoms with E-state index >= 15 is 0 Å². The van der Waals surface area contributed by atoms with Crippen LogP contribution in [0.2, 0.25) is 0 Å². The van der Waals surface area contributed by atoms with Crippen LogP contribution in [-0.2, 0) is 0 Å². The second-order valence-corrected chi connectivity index (χ2v) is 3.91. The first-order valence-electron chi connectivity index (χ1n) is 4.13. The number of thiazole rings is 1. The first kappa shape index (κ1) is 8.01. The van der Waals surface area contributed by atoms with Crippen molar-refractivity contribution >= 4 is 11.3 Å². The third-order valence-electron chi connectivity index (χ3n) is 2.08. The molecule has 1 aliphatic rings. The minimum Gasteiger partial charge on any atom is -0.473 e. The summed E-state index contributed by atoms with van der Waals surface area (Å²) in [4.78, 5) is 5.43. The zero-order valence-corrected chi connectivity index (χ0v) is 7.86. The van der Waals surface area contributed by atoms with E-state index in [1.165, 1.54) is 17.7 Å². The van der Waals surface area contributed by atoms with Gasteiger partial charge in [0.1, 0.15) is 0 Å². The molecule has 12 heavy (non-hydrogen) atoms. The Kier molecular flexibility index (Phi) is 2.28. The Balaban J connectivity index is 2.11. The highest BCUT2D eigenvalue weighted by Crippen LogP contribution is 2.30. The molecule has 0 spiro atoms. The van der Waals surface area contributed by atoms with Gasteiger partial charge in [-0.25, -0.2) is 4.98 Å². The smallest absolute Gasteiger partial charge is 0.273 e. The molecular formula is C8H12N2OS. The van der Waals surface area contributed by atoms with E-state index in [1.807, 2.05) is 6.20 Å². The Morgan fingerprint density at radius 3 is 3.25 bits per heavy atom. The van der Waals surface area contributed by atoms with Gasteiger partial charge in [-0.15, -0.1) is 0 Å². The number of methoxy groups -OCH3 is 1. The molecule has 0 radical (unpaired) electrons. The van der Waals surface area contributed by atoms with Crippen LogP contribution in [0.25, 0.3) is 0 Å². The van der Waals surface area contributed by atoms with Gasteiger partial charge in [-0.3, -0.25) is 0 Å². The Bertz CT molecular complexity index is 255. The Hall–Kier alpha value is -0.610. The molecule has 1 aromatic rings.